The van der Waals surface area contributed by atoms with Gasteiger partial charge in [0.15, 0.2) is 0 Å². The highest BCUT2D eigenvalue weighted by Gasteiger charge is 2.33. The van der Waals surface area contributed by atoms with Gasteiger partial charge in [-0.2, -0.15) is 0 Å². The zero-order valence-corrected chi connectivity index (χ0v) is 10.3. The molecule has 14 heavy (non-hydrogen) atoms. The Morgan fingerprint density at radius 3 is 2.71 bits per heavy atom. The van der Waals surface area contributed by atoms with Crippen molar-refractivity contribution >= 4 is 21.8 Å². The molecule has 0 N–H and O–H groups in total. The summed E-state index contributed by atoms with van der Waals surface area (Å²) in [6.07, 6.45) is 5.01. The van der Waals surface area contributed by atoms with Gasteiger partial charge < -0.3 is 4.90 Å². The summed E-state index contributed by atoms with van der Waals surface area (Å²) < 4.78 is 0. The van der Waals surface area contributed by atoms with Gasteiger partial charge in [0.2, 0.25) is 5.91 Å². The number of amides is 1. The third kappa shape index (κ3) is 1.97. The van der Waals surface area contributed by atoms with Gasteiger partial charge in [-0.05, 0) is 24.7 Å². The zero-order valence-electron chi connectivity index (χ0n) is 8.71. The van der Waals surface area contributed by atoms with Gasteiger partial charge in [0.05, 0.1) is 4.83 Å². The Hall–Kier alpha value is -0.0500. The standard InChI is InChI=1S/C11H18BrNO/c1-8-3-2-4-9(8)7-13-6-5-10(12)11(13)14/h8-10H,2-7H2,1H3. The lowest BCUT2D eigenvalue weighted by molar-refractivity contribution is -0.127. The molecule has 3 heteroatoms. The van der Waals surface area contributed by atoms with Crippen LogP contribution in [0.4, 0.5) is 0 Å². The first-order valence-electron chi connectivity index (χ1n) is 5.61. The molecule has 2 nitrogen and oxygen atoms in total. The number of alkyl halides is 1. The normalized spacial score (nSPS) is 38.3. The molecule has 80 valence electrons. The lowest BCUT2D eigenvalue weighted by Gasteiger charge is -2.23. The summed E-state index contributed by atoms with van der Waals surface area (Å²) in [7, 11) is 0. The van der Waals surface area contributed by atoms with Crippen molar-refractivity contribution in [2.45, 2.75) is 37.4 Å². The van der Waals surface area contributed by atoms with Gasteiger partial charge in [0, 0.05) is 13.1 Å². The molecule has 0 aromatic carbocycles. The predicted octanol–water partition coefficient (Wildman–Crippen LogP) is 2.42. The number of hydrogen-bond donors (Lipinski definition) is 0. The van der Waals surface area contributed by atoms with Crippen molar-refractivity contribution in [3.05, 3.63) is 0 Å². The predicted molar refractivity (Wildman–Crippen MR) is 60.4 cm³/mol. The summed E-state index contributed by atoms with van der Waals surface area (Å²) in [5.41, 5.74) is 0. The van der Waals surface area contributed by atoms with Crippen molar-refractivity contribution in [2.75, 3.05) is 13.1 Å². The number of carbonyl (C=O) groups excluding carboxylic acids is 1. The van der Waals surface area contributed by atoms with E-state index in [0.29, 0.717) is 5.91 Å². The van der Waals surface area contributed by atoms with Gasteiger partial charge in [-0.3, -0.25) is 4.79 Å². The lowest BCUT2D eigenvalue weighted by atomic mass is 9.98. The Kier molecular flexibility index (Phi) is 3.15. The van der Waals surface area contributed by atoms with Gasteiger partial charge >= 0.3 is 0 Å². The van der Waals surface area contributed by atoms with Gasteiger partial charge in [-0.25, -0.2) is 0 Å². The monoisotopic (exact) mass is 259 g/mol. The summed E-state index contributed by atoms with van der Waals surface area (Å²) >= 11 is 3.42. The van der Waals surface area contributed by atoms with E-state index in [2.05, 4.69) is 22.9 Å². The molecular formula is C11H18BrNO. The van der Waals surface area contributed by atoms with E-state index in [1.807, 2.05) is 4.90 Å². The maximum absolute atomic E-state index is 11.7. The third-order valence-electron chi connectivity index (χ3n) is 3.73. The smallest absolute Gasteiger partial charge is 0.236 e. The van der Waals surface area contributed by atoms with Crippen LogP contribution in [0.1, 0.15) is 32.6 Å². The average Bonchev–Trinajstić information content (AvgIpc) is 2.68. The van der Waals surface area contributed by atoms with E-state index < -0.39 is 0 Å². The summed E-state index contributed by atoms with van der Waals surface area (Å²) in [6, 6.07) is 0. The van der Waals surface area contributed by atoms with Crippen LogP contribution in [0.5, 0.6) is 0 Å². The fraction of sp³-hybridized carbons (Fsp3) is 0.909. The summed E-state index contributed by atoms with van der Waals surface area (Å²) in [6.45, 7) is 4.28. The third-order valence-corrected chi connectivity index (χ3v) is 4.58. The maximum Gasteiger partial charge on any atom is 0.236 e. The van der Waals surface area contributed by atoms with E-state index in [1.54, 1.807) is 0 Å². The van der Waals surface area contributed by atoms with Gasteiger partial charge in [-0.15, -0.1) is 0 Å². The molecule has 1 aliphatic carbocycles. The van der Waals surface area contributed by atoms with Crippen LogP contribution in [0.2, 0.25) is 0 Å². The van der Waals surface area contributed by atoms with Gasteiger partial charge in [0.25, 0.3) is 0 Å². The highest BCUT2D eigenvalue weighted by Crippen LogP contribution is 2.33. The Morgan fingerprint density at radius 1 is 1.43 bits per heavy atom. The number of rotatable bonds is 2. The molecule has 3 atom stereocenters. The number of likely N-dealkylation sites (tertiary alicyclic amines) is 1. The van der Waals surface area contributed by atoms with Crippen LogP contribution >= 0.6 is 15.9 Å². The summed E-state index contributed by atoms with van der Waals surface area (Å²) in [5.74, 6) is 1.89. The van der Waals surface area contributed by atoms with Crippen molar-refractivity contribution in [1.29, 1.82) is 0 Å². The highest BCUT2D eigenvalue weighted by molar-refractivity contribution is 9.10. The minimum atomic E-state index is 0.0965. The SMILES string of the molecule is CC1CCCC1CN1CCC(Br)C1=O. The molecule has 1 saturated heterocycles. The van der Waals surface area contributed by atoms with E-state index in [0.717, 1.165) is 31.3 Å². The minimum Gasteiger partial charge on any atom is -0.341 e. The van der Waals surface area contributed by atoms with Crippen molar-refractivity contribution in [3.63, 3.8) is 0 Å². The van der Waals surface area contributed by atoms with Crippen LogP contribution in [0.25, 0.3) is 0 Å². The second-order valence-corrected chi connectivity index (χ2v) is 5.81. The molecule has 0 spiro atoms. The van der Waals surface area contributed by atoms with Crippen molar-refractivity contribution < 1.29 is 4.79 Å². The van der Waals surface area contributed by atoms with Crippen molar-refractivity contribution in [3.8, 4) is 0 Å². The second kappa shape index (κ2) is 4.21. The molecular weight excluding hydrogens is 242 g/mol. The molecule has 0 aromatic heterocycles. The van der Waals surface area contributed by atoms with Crippen LogP contribution in [-0.2, 0) is 4.79 Å². The molecule has 0 aromatic rings. The quantitative estimate of drug-likeness (QED) is 0.698. The Balaban J connectivity index is 1.88. The van der Waals surface area contributed by atoms with E-state index in [4.69, 9.17) is 0 Å². The van der Waals surface area contributed by atoms with Gasteiger partial charge in [-0.1, -0.05) is 35.7 Å². The van der Waals surface area contributed by atoms with E-state index in [-0.39, 0.29) is 4.83 Å². The first-order chi connectivity index (χ1) is 6.68. The van der Waals surface area contributed by atoms with E-state index >= 15 is 0 Å². The second-order valence-electron chi connectivity index (χ2n) is 4.71. The summed E-state index contributed by atoms with van der Waals surface area (Å²) in [4.78, 5) is 13.8. The first-order valence-corrected chi connectivity index (χ1v) is 6.53. The fourth-order valence-electron chi connectivity index (χ4n) is 2.66. The topological polar surface area (TPSA) is 20.3 Å². The lowest BCUT2D eigenvalue weighted by Crippen LogP contribution is -2.33. The molecule has 0 radical (unpaired) electrons. The molecule has 1 heterocycles. The average molecular weight is 260 g/mol. The number of hydrogen-bond acceptors (Lipinski definition) is 1. The molecule has 1 aliphatic heterocycles. The molecule has 0 bridgehead atoms. The molecule has 1 amide bonds. The molecule has 2 fully saturated rings. The maximum atomic E-state index is 11.7. The van der Waals surface area contributed by atoms with Crippen LogP contribution in [0, 0.1) is 11.8 Å². The number of nitrogens with zero attached hydrogens (tertiary/aromatic N) is 1. The van der Waals surface area contributed by atoms with Crippen LogP contribution in [0.15, 0.2) is 0 Å². The van der Waals surface area contributed by atoms with Gasteiger partial charge in [0.1, 0.15) is 0 Å². The Bertz CT molecular complexity index is 231. The van der Waals surface area contributed by atoms with Crippen LogP contribution < -0.4 is 0 Å². The van der Waals surface area contributed by atoms with Crippen LogP contribution in [0.3, 0.4) is 0 Å². The van der Waals surface area contributed by atoms with E-state index in [1.165, 1.54) is 19.3 Å². The van der Waals surface area contributed by atoms with Crippen molar-refractivity contribution in [2.24, 2.45) is 11.8 Å². The van der Waals surface area contributed by atoms with E-state index in [9.17, 15) is 4.79 Å². The molecule has 1 saturated carbocycles. The Labute approximate surface area is 94.2 Å². The minimum absolute atomic E-state index is 0.0965. The summed E-state index contributed by atoms with van der Waals surface area (Å²) in [5, 5.41) is 0. The van der Waals surface area contributed by atoms with Crippen molar-refractivity contribution in [1.82, 2.24) is 4.90 Å². The zero-order chi connectivity index (χ0) is 10.1. The number of carbonyl (C=O) groups is 1. The molecule has 2 rings (SSSR count). The first kappa shape index (κ1) is 10.5. The fourth-order valence-corrected chi connectivity index (χ4v) is 3.15. The number of halogens is 1. The molecule has 3 unspecified atom stereocenters. The molecule has 2 aliphatic rings. The highest BCUT2D eigenvalue weighted by atomic mass is 79.9. The van der Waals surface area contributed by atoms with Crippen LogP contribution in [-0.4, -0.2) is 28.7 Å². The Morgan fingerprint density at radius 2 is 2.21 bits per heavy atom. The largest absolute Gasteiger partial charge is 0.341 e.